The van der Waals surface area contributed by atoms with Crippen LogP contribution < -0.4 is 5.73 Å². The molecule has 0 aliphatic carbocycles. The maximum atomic E-state index is 10.9. The minimum absolute atomic E-state index is 0.289. The van der Waals surface area contributed by atoms with Gasteiger partial charge in [-0.3, -0.25) is 4.79 Å². The first-order chi connectivity index (χ1) is 7.24. The van der Waals surface area contributed by atoms with Gasteiger partial charge >= 0.3 is 0 Å². The molecule has 0 heterocycles. The molecule has 0 radical (unpaired) electrons. The summed E-state index contributed by atoms with van der Waals surface area (Å²) in [6, 6.07) is 6.90. The Labute approximate surface area is 86.8 Å². The van der Waals surface area contributed by atoms with E-state index in [0.717, 1.165) is 5.56 Å². The lowest BCUT2D eigenvalue weighted by Gasteiger charge is -1.96. The molecule has 0 spiro atoms. The van der Waals surface area contributed by atoms with Gasteiger partial charge in [0.15, 0.2) is 0 Å². The number of hydrogen-bond acceptors (Lipinski definition) is 2. The zero-order chi connectivity index (χ0) is 11.1. The van der Waals surface area contributed by atoms with Gasteiger partial charge in [-0.2, -0.15) is 0 Å². The van der Waals surface area contributed by atoms with Gasteiger partial charge in [0.05, 0.1) is 0 Å². The lowest BCUT2D eigenvalue weighted by molar-refractivity contribution is 0.100. The van der Waals surface area contributed by atoms with E-state index in [1.54, 1.807) is 30.4 Å². The Morgan fingerprint density at radius 3 is 3.07 bits per heavy atom. The van der Waals surface area contributed by atoms with E-state index in [0.29, 0.717) is 5.56 Å². The van der Waals surface area contributed by atoms with Crippen LogP contribution in [0, 0.1) is 0 Å². The highest BCUT2D eigenvalue weighted by atomic mass is 16.1. The predicted molar refractivity (Wildman–Crippen MR) is 58.0 cm³/mol. The number of carbonyl (C=O) groups is 1. The van der Waals surface area contributed by atoms with Gasteiger partial charge in [0.2, 0.25) is 5.91 Å². The molecular weight excluding hydrogens is 192 g/mol. The fraction of sp³-hybridized carbons (Fsp3) is 0.100. The SMILES string of the molecule is [N-]=[N+]=NCC=Cc1cccc(C(N)=O)c1. The second-order valence-corrected chi connectivity index (χ2v) is 2.81. The summed E-state index contributed by atoms with van der Waals surface area (Å²) in [7, 11) is 0. The quantitative estimate of drug-likeness (QED) is 0.452. The summed E-state index contributed by atoms with van der Waals surface area (Å²) in [5.41, 5.74) is 14.5. The number of nitrogens with zero attached hydrogens (tertiary/aromatic N) is 3. The van der Waals surface area contributed by atoms with Gasteiger partial charge < -0.3 is 5.73 Å². The molecular formula is C10H10N4O. The fourth-order valence-electron chi connectivity index (χ4n) is 1.07. The third-order valence-corrected chi connectivity index (χ3v) is 1.73. The summed E-state index contributed by atoms with van der Waals surface area (Å²) in [6.07, 6.45) is 3.47. The van der Waals surface area contributed by atoms with Crippen LogP contribution in [0.5, 0.6) is 0 Å². The molecule has 0 aliphatic rings. The van der Waals surface area contributed by atoms with Crippen LogP contribution in [0.2, 0.25) is 0 Å². The highest BCUT2D eigenvalue weighted by Crippen LogP contribution is 2.06. The van der Waals surface area contributed by atoms with E-state index in [1.807, 2.05) is 6.07 Å². The standard InChI is InChI=1S/C10H10N4O/c11-10(15)9-5-1-3-8(7-9)4-2-6-13-14-12/h1-5,7H,6H2,(H2,11,15). The Bertz CT molecular complexity index is 433. The summed E-state index contributed by atoms with van der Waals surface area (Å²) >= 11 is 0. The van der Waals surface area contributed by atoms with Crippen molar-refractivity contribution in [3.05, 3.63) is 51.9 Å². The highest BCUT2D eigenvalue weighted by molar-refractivity contribution is 5.93. The Balaban J connectivity index is 2.77. The zero-order valence-corrected chi connectivity index (χ0v) is 8.00. The van der Waals surface area contributed by atoms with Crippen molar-refractivity contribution >= 4 is 12.0 Å². The summed E-state index contributed by atoms with van der Waals surface area (Å²) in [6.45, 7) is 0.289. The van der Waals surface area contributed by atoms with E-state index in [-0.39, 0.29) is 6.54 Å². The summed E-state index contributed by atoms with van der Waals surface area (Å²) < 4.78 is 0. The molecule has 5 nitrogen and oxygen atoms in total. The van der Waals surface area contributed by atoms with E-state index in [9.17, 15) is 4.79 Å². The number of azide groups is 1. The first-order valence-corrected chi connectivity index (χ1v) is 4.31. The second kappa shape index (κ2) is 5.47. The predicted octanol–water partition coefficient (Wildman–Crippen LogP) is 2.11. The van der Waals surface area contributed by atoms with Crippen LogP contribution >= 0.6 is 0 Å². The summed E-state index contributed by atoms with van der Waals surface area (Å²) in [5, 5.41) is 3.35. The third-order valence-electron chi connectivity index (χ3n) is 1.73. The molecule has 2 N–H and O–H groups in total. The molecule has 0 saturated heterocycles. The molecule has 0 fully saturated rings. The topological polar surface area (TPSA) is 91.8 Å². The highest BCUT2D eigenvalue weighted by Gasteiger charge is 1.98. The van der Waals surface area contributed by atoms with Crippen molar-refractivity contribution in [1.82, 2.24) is 0 Å². The molecule has 0 aliphatic heterocycles. The number of benzene rings is 1. The van der Waals surface area contributed by atoms with Crippen molar-refractivity contribution in [2.24, 2.45) is 10.8 Å². The van der Waals surface area contributed by atoms with Gasteiger partial charge in [0.25, 0.3) is 0 Å². The van der Waals surface area contributed by atoms with Crippen molar-refractivity contribution in [1.29, 1.82) is 0 Å². The van der Waals surface area contributed by atoms with Crippen LogP contribution in [0.3, 0.4) is 0 Å². The van der Waals surface area contributed by atoms with E-state index < -0.39 is 5.91 Å². The molecule has 1 aromatic carbocycles. The van der Waals surface area contributed by atoms with Gasteiger partial charge in [-0.05, 0) is 23.2 Å². The first-order valence-electron chi connectivity index (χ1n) is 4.31. The molecule has 1 amide bonds. The second-order valence-electron chi connectivity index (χ2n) is 2.81. The van der Waals surface area contributed by atoms with E-state index in [2.05, 4.69) is 10.0 Å². The normalized spacial score (nSPS) is 9.87. The van der Waals surface area contributed by atoms with Crippen LogP contribution in [0.1, 0.15) is 15.9 Å². The van der Waals surface area contributed by atoms with Gasteiger partial charge in [-0.25, -0.2) is 0 Å². The average Bonchev–Trinajstić information content (AvgIpc) is 2.25. The van der Waals surface area contributed by atoms with E-state index in [4.69, 9.17) is 11.3 Å². The molecule has 0 aromatic heterocycles. The minimum Gasteiger partial charge on any atom is -0.366 e. The Hall–Kier alpha value is -2.26. The maximum Gasteiger partial charge on any atom is 0.248 e. The Kier molecular flexibility index (Phi) is 3.94. The van der Waals surface area contributed by atoms with Gasteiger partial charge in [-0.15, -0.1) is 0 Å². The van der Waals surface area contributed by atoms with E-state index >= 15 is 0 Å². The average molecular weight is 202 g/mol. The molecule has 76 valence electrons. The maximum absolute atomic E-state index is 10.9. The molecule has 0 unspecified atom stereocenters. The Morgan fingerprint density at radius 1 is 1.60 bits per heavy atom. The monoisotopic (exact) mass is 202 g/mol. The van der Waals surface area contributed by atoms with Crippen molar-refractivity contribution in [2.75, 3.05) is 6.54 Å². The number of nitrogens with two attached hydrogens (primary N) is 1. The molecule has 15 heavy (non-hydrogen) atoms. The van der Waals surface area contributed by atoms with Crippen molar-refractivity contribution in [3.8, 4) is 0 Å². The zero-order valence-electron chi connectivity index (χ0n) is 8.00. The van der Waals surface area contributed by atoms with Crippen molar-refractivity contribution in [2.45, 2.75) is 0 Å². The fourth-order valence-corrected chi connectivity index (χ4v) is 1.07. The number of amides is 1. The molecule has 0 atom stereocenters. The number of carbonyl (C=O) groups excluding carboxylic acids is 1. The van der Waals surface area contributed by atoms with Crippen LogP contribution in [0.4, 0.5) is 0 Å². The van der Waals surface area contributed by atoms with E-state index in [1.165, 1.54) is 0 Å². The number of hydrogen-bond donors (Lipinski definition) is 1. The van der Waals surface area contributed by atoms with Crippen LogP contribution in [0.15, 0.2) is 35.5 Å². The lowest BCUT2D eigenvalue weighted by atomic mass is 10.1. The largest absolute Gasteiger partial charge is 0.366 e. The number of primary amides is 1. The third kappa shape index (κ3) is 3.54. The number of rotatable bonds is 4. The summed E-state index contributed by atoms with van der Waals surface area (Å²) in [4.78, 5) is 13.5. The molecule has 5 heteroatoms. The van der Waals surface area contributed by atoms with Crippen LogP contribution in [0.25, 0.3) is 16.5 Å². The molecule has 1 aromatic rings. The van der Waals surface area contributed by atoms with Crippen molar-refractivity contribution in [3.63, 3.8) is 0 Å². The lowest BCUT2D eigenvalue weighted by Crippen LogP contribution is -2.10. The minimum atomic E-state index is -0.458. The smallest absolute Gasteiger partial charge is 0.248 e. The first kappa shape index (κ1) is 10.8. The molecule has 0 bridgehead atoms. The van der Waals surface area contributed by atoms with Crippen LogP contribution in [-0.2, 0) is 0 Å². The molecule has 0 saturated carbocycles. The summed E-state index contributed by atoms with van der Waals surface area (Å²) in [5.74, 6) is -0.458. The van der Waals surface area contributed by atoms with Gasteiger partial charge in [0, 0.05) is 17.0 Å². The Morgan fingerprint density at radius 2 is 2.40 bits per heavy atom. The van der Waals surface area contributed by atoms with Gasteiger partial charge in [0.1, 0.15) is 0 Å². The van der Waals surface area contributed by atoms with Crippen molar-refractivity contribution < 1.29 is 4.79 Å². The van der Waals surface area contributed by atoms with Gasteiger partial charge in [-0.1, -0.05) is 29.4 Å². The van der Waals surface area contributed by atoms with Crippen LogP contribution in [-0.4, -0.2) is 12.5 Å². The molecule has 1 rings (SSSR count).